The lowest BCUT2D eigenvalue weighted by molar-refractivity contribution is 0.0579. The van der Waals surface area contributed by atoms with E-state index in [1.807, 2.05) is 40.1 Å². The molecule has 1 aliphatic heterocycles. The van der Waals surface area contributed by atoms with E-state index in [1.165, 1.54) is 16.7 Å². The summed E-state index contributed by atoms with van der Waals surface area (Å²) in [7, 11) is 0. The normalized spacial score (nSPS) is 15.9. The summed E-state index contributed by atoms with van der Waals surface area (Å²) in [5.74, 6) is 1.000. The Hall–Kier alpha value is -2.30. The van der Waals surface area contributed by atoms with Crippen molar-refractivity contribution in [2.45, 2.75) is 66.0 Å². The molecule has 26 heavy (non-hydrogen) atoms. The zero-order valence-corrected chi connectivity index (χ0v) is 16.9. The van der Waals surface area contributed by atoms with Gasteiger partial charge in [0.05, 0.1) is 5.69 Å². The Balaban J connectivity index is 1.97. The molecule has 1 aliphatic rings. The molecule has 0 unspecified atom stereocenters. The van der Waals surface area contributed by atoms with Gasteiger partial charge in [0.2, 0.25) is 0 Å². The number of aromatic nitrogens is 2. The third kappa shape index (κ3) is 3.48. The lowest BCUT2D eigenvalue weighted by Crippen LogP contribution is -2.38. The lowest BCUT2D eigenvalue weighted by atomic mass is 9.85. The van der Waals surface area contributed by atoms with Crippen molar-refractivity contribution in [2.75, 3.05) is 11.4 Å². The summed E-state index contributed by atoms with van der Waals surface area (Å²) < 4.78 is 7.76. The topological polar surface area (TPSA) is 47.4 Å². The van der Waals surface area contributed by atoms with E-state index in [2.05, 4.69) is 42.5 Å². The van der Waals surface area contributed by atoms with Crippen LogP contribution in [0.5, 0.6) is 0 Å². The predicted molar refractivity (Wildman–Crippen MR) is 104 cm³/mol. The van der Waals surface area contributed by atoms with Gasteiger partial charge in [0.1, 0.15) is 11.4 Å². The number of anilines is 1. The van der Waals surface area contributed by atoms with E-state index in [0.29, 0.717) is 6.54 Å². The molecule has 5 nitrogen and oxygen atoms in total. The molecule has 0 fully saturated rings. The van der Waals surface area contributed by atoms with E-state index in [0.717, 1.165) is 18.1 Å². The third-order valence-electron chi connectivity index (χ3n) is 4.91. The second-order valence-corrected chi connectivity index (χ2v) is 8.85. The zero-order chi connectivity index (χ0) is 19.3. The van der Waals surface area contributed by atoms with Crippen molar-refractivity contribution in [1.29, 1.82) is 0 Å². The molecule has 1 amide bonds. The molecule has 2 aromatic rings. The number of carbonyl (C=O) groups excluding carboxylic acids is 1. The first kappa shape index (κ1) is 18.5. The van der Waals surface area contributed by atoms with Gasteiger partial charge in [0.25, 0.3) is 0 Å². The van der Waals surface area contributed by atoms with Crippen LogP contribution in [-0.4, -0.2) is 27.8 Å². The number of hydrogen-bond donors (Lipinski definition) is 0. The van der Waals surface area contributed by atoms with Gasteiger partial charge in [-0.1, -0.05) is 19.9 Å². The number of rotatable bonds is 2. The summed E-state index contributed by atoms with van der Waals surface area (Å²) in [6.45, 7) is 15.6. The number of aryl methyl sites for hydroxylation is 2. The molecular weight excluding hydrogens is 326 g/mol. The van der Waals surface area contributed by atoms with E-state index in [1.54, 1.807) is 4.90 Å². The summed E-state index contributed by atoms with van der Waals surface area (Å²) in [6, 6.07) is 4.37. The smallest absolute Gasteiger partial charge is 0.414 e. The minimum Gasteiger partial charge on any atom is -0.443 e. The number of nitrogens with zero attached hydrogens (tertiary/aromatic N) is 3. The molecule has 0 saturated heterocycles. The Morgan fingerprint density at radius 1 is 1.27 bits per heavy atom. The highest BCUT2D eigenvalue weighted by Gasteiger charge is 2.40. The summed E-state index contributed by atoms with van der Waals surface area (Å²) in [4.78, 5) is 18.8. The Bertz CT molecular complexity index is 843. The van der Waals surface area contributed by atoms with Crippen LogP contribution in [0, 0.1) is 13.8 Å². The standard InChI is InChI=1S/C21H29N3O2/c1-14-10-18-17(11-16(14)12-23-9-8-22-15(23)2)21(6,7)13-24(18)19(25)26-20(3,4)5/h8-11H,12-13H2,1-7H3. The van der Waals surface area contributed by atoms with Crippen LogP contribution < -0.4 is 4.90 Å². The first-order valence-corrected chi connectivity index (χ1v) is 9.10. The van der Waals surface area contributed by atoms with E-state index >= 15 is 0 Å². The van der Waals surface area contributed by atoms with Crippen LogP contribution in [0.15, 0.2) is 24.5 Å². The maximum absolute atomic E-state index is 12.7. The minimum absolute atomic E-state index is 0.112. The molecule has 140 valence electrons. The van der Waals surface area contributed by atoms with Crippen LogP contribution in [-0.2, 0) is 16.7 Å². The van der Waals surface area contributed by atoms with Crippen molar-refractivity contribution in [3.63, 3.8) is 0 Å². The maximum Gasteiger partial charge on any atom is 0.414 e. The molecule has 2 heterocycles. The van der Waals surface area contributed by atoms with Gasteiger partial charge in [-0.15, -0.1) is 0 Å². The van der Waals surface area contributed by atoms with Gasteiger partial charge in [-0.05, 0) is 57.4 Å². The van der Waals surface area contributed by atoms with Gasteiger partial charge in [-0.2, -0.15) is 0 Å². The Morgan fingerprint density at radius 2 is 1.96 bits per heavy atom. The highest BCUT2D eigenvalue weighted by molar-refractivity contribution is 5.92. The molecule has 0 radical (unpaired) electrons. The molecular formula is C21H29N3O2. The monoisotopic (exact) mass is 355 g/mol. The maximum atomic E-state index is 12.7. The second kappa shape index (κ2) is 6.15. The van der Waals surface area contributed by atoms with Crippen LogP contribution in [0.25, 0.3) is 0 Å². The summed E-state index contributed by atoms with van der Waals surface area (Å²) in [5, 5.41) is 0. The van der Waals surface area contributed by atoms with E-state index in [9.17, 15) is 4.79 Å². The fraction of sp³-hybridized carbons (Fsp3) is 0.524. The lowest BCUT2D eigenvalue weighted by Gasteiger charge is -2.26. The van der Waals surface area contributed by atoms with Crippen molar-refractivity contribution >= 4 is 11.8 Å². The largest absolute Gasteiger partial charge is 0.443 e. The highest BCUT2D eigenvalue weighted by Crippen LogP contribution is 2.42. The molecule has 1 aromatic carbocycles. The Kier molecular flexibility index (Phi) is 4.37. The average Bonchev–Trinajstić information content (AvgIpc) is 3.00. The van der Waals surface area contributed by atoms with E-state index < -0.39 is 5.60 Å². The minimum atomic E-state index is -0.502. The van der Waals surface area contributed by atoms with Crippen molar-refractivity contribution in [3.8, 4) is 0 Å². The second-order valence-electron chi connectivity index (χ2n) is 8.85. The summed E-state index contributed by atoms with van der Waals surface area (Å²) in [5.41, 5.74) is 3.97. The number of carbonyl (C=O) groups is 1. The van der Waals surface area contributed by atoms with Crippen molar-refractivity contribution in [2.24, 2.45) is 0 Å². The third-order valence-corrected chi connectivity index (χ3v) is 4.91. The van der Waals surface area contributed by atoms with Crippen LogP contribution in [0.3, 0.4) is 0 Å². The van der Waals surface area contributed by atoms with Crippen LogP contribution >= 0.6 is 0 Å². The molecule has 1 aromatic heterocycles. The number of benzene rings is 1. The first-order valence-electron chi connectivity index (χ1n) is 9.10. The summed E-state index contributed by atoms with van der Waals surface area (Å²) in [6.07, 6.45) is 3.55. The zero-order valence-electron chi connectivity index (χ0n) is 16.9. The van der Waals surface area contributed by atoms with Crippen LogP contribution in [0.2, 0.25) is 0 Å². The number of hydrogen-bond acceptors (Lipinski definition) is 3. The van der Waals surface area contributed by atoms with E-state index in [4.69, 9.17) is 4.74 Å². The number of imidazole rings is 1. The van der Waals surface area contributed by atoms with Gasteiger partial charge in [-0.25, -0.2) is 9.78 Å². The Morgan fingerprint density at radius 3 is 2.54 bits per heavy atom. The number of amides is 1. The number of ether oxygens (including phenoxy) is 1. The van der Waals surface area contributed by atoms with Crippen molar-refractivity contribution in [3.05, 3.63) is 47.0 Å². The molecule has 0 N–H and O–H groups in total. The molecule has 0 atom stereocenters. The van der Waals surface area contributed by atoms with Gasteiger partial charge >= 0.3 is 6.09 Å². The average molecular weight is 355 g/mol. The molecule has 5 heteroatoms. The molecule has 0 spiro atoms. The van der Waals surface area contributed by atoms with Gasteiger partial charge in [0, 0.05) is 30.9 Å². The van der Waals surface area contributed by atoms with Crippen molar-refractivity contribution in [1.82, 2.24) is 9.55 Å². The highest BCUT2D eigenvalue weighted by atomic mass is 16.6. The van der Waals surface area contributed by atoms with Gasteiger partial charge in [0.15, 0.2) is 0 Å². The Labute approximate surface area is 156 Å². The van der Waals surface area contributed by atoms with Crippen molar-refractivity contribution < 1.29 is 9.53 Å². The first-order chi connectivity index (χ1) is 12.0. The SMILES string of the molecule is Cc1cc2c(cc1Cn1ccnc1C)C(C)(C)CN2C(=O)OC(C)(C)C. The molecule has 0 saturated carbocycles. The quantitative estimate of drug-likeness (QED) is 0.792. The molecule has 3 rings (SSSR count). The summed E-state index contributed by atoms with van der Waals surface area (Å²) >= 11 is 0. The molecule has 0 aliphatic carbocycles. The fourth-order valence-corrected chi connectivity index (χ4v) is 3.47. The fourth-order valence-electron chi connectivity index (χ4n) is 3.47. The van der Waals surface area contributed by atoms with Crippen LogP contribution in [0.1, 0.15) is 57.1 Å². The predicted octanol–water partition coefficient (Wildman–Crippen LogP) is 4.58. The van der Waals surface area contributed by atoms with E-state index in [-0.39, 0.29) is 11.5 Å². The molecule has 0 bridgehead atoms. The number of fused-ring (bicyclic) bond motifs is 1. The van der Waals surface area contributed by atoms with Gasteiger partial charge < -0.3 is 9.30 Å². The van der Waals surface area contributed by atoms with Crippen LogP contribution in [0.4, 0.5) is 10.5 Å². The van der Waals surface area contributed by atoms with Gasteiger partial charge in [-0.3, -0.25) is 4.90 Å².